The Kier molecular flexibility index (Phi) is 3.64. The van der Waals surface area contributed by atoms with Gasteiger partial charge in [0.2, 0.25) is 0 Å². The number of benzene rings is 1. The molecule has 0 aromatic heterocycles. The van der Waals surface area contributed by atoms with E-state index in [1.54, 1.807) is 5.92 Å². The number of carbonyl (C=O) groups excluding carboxylic acids is 1. The van der Waals surface area contributed by atoms with Gasteiger partial charge in [0.1, 0.15) is 0 Å². The molecule has 1 aromatic carbocycles. The molecule has 0 spiro atoms. The molecule has 5 nitrogen and oxygen atoms in total. The summed E-state index contributed by atoms with van der Waals surface area (Å²) in [5.74, 6) is -0.465. The van der Waals surface area contributed by atoms with Gasteiger partial charge in [0.15, 0.2) is 0 Å². The second-order valence-corrected chi connectivity index (χ2v) is 2.78. The van der Waals surface area contributed by atoms with Crippen LogP contribution in [0, 0.1) is 12.3 Å². The number of carbonyl (C=O) groups is 2. The van der Waals surface area contributed by atoms with Gasteiger partial charge in [0.05, 0.1) is 11.1 Å². The second kappa shape index (κ2) is 4.96. The number of carboxylic acid groups (broad SMARTS) is 1. The Morgan fingerprint density at radius 3 is 2.38 bits per heavy atom. The number of esters is 1. The predicted molar refractivity (Wildman–Crippen MR) is 53.7 cm³/mol. The molecule has 0 aliphatic carbocycles. The van der Waals surface area contributed by atoms with Crippen LogP contribution in [0.25, 0.3) is 0 Å². The number of aromatic carboxylic acids is 1. The van der Waals surface area contributed by atoms with Gasteiger partial charge >= 0.3 is 11.9 Å². The highest BCUT2D eigenvalue weighted by molar-refractivity contribution is 6.02. The van der Waals surface area contributed by atoms with Gasteiger partial charge in [0, 0.05) is 0 Å². The lowest BCUT2D eigenvalue weighted by Crippen LogP contribution is -2.18. The molecule has 5 heteroatoms. The maximum atomic E-state index is 11.4. The third kappa shape index (κ3) is 2.59. The van der Waals surface area contributed by atoms with Gasteiger partial charge in [-0.3, -0.25) is 0 Å². The van der Waals surface area contributed by atoms with Crippen molar-refractivity contribution in [3.8, 4) is 12.3 Å². The number of aliphatic hydroxyl groups is 1. The van der Waals surface area contributed by atoms with Crippen molar-refractivity contribution >= 4 is 11.9 Å². The smallest absolute Gasteiger partial charge is 0.342 e. The Labute approximate surface area is 91.3 Å². The van der Waals surface area contributed by atoms with E-state index in [0.717, 1.165) is 0 Å². The number of hydrogen-bond acceptors (Lipinski definition) is 4. The van der Waals surface area contributed by atoms with Crippen LogP contribution in [0.3, 0.4) is 0 Å². The second-order valence-electron chi connectivity index (χ2n) is 2.78. The highest BCUT2D eigenvalue weighted by atomic mass is 16.6. The maximum Gasteiger partial charge on any atom is 0.342 e. The molecule has 0 amide bonds. The number of rotatable bonds is 3. The van der Waals surface area contributed by atoms with Crippen LogP contribution in [0.15, 0.2) is 24.3 Å². The molecule has 0 heterocycles. The molecule has 1 aromatic rings. The van der Waals surface area contributed by atoms with Crippen molar-refractivity contribution in [1.29, 1.82) is 0 Å². The maximum absolute atomic E-state index is 11.4. The number of ether oxygens (including phenoxy) is 1. The lowest BCUT2D eigenvalue weighted by atomic mass is 10.1. The van der Waals surface area contributed by atoms with Crippen LogP contribution in [-0.2, 0) is 4.74 Å². The number of terminal acetylenes is 1. The molecule has 1 atom stereocenters. The molecule has 1 rings (SSSR count). The molecule has 2 N–H and O–H groups in total. The molecule has 1 unspecified atom stereocenters. The van der Waals surface area contributed by atoms with Gasteiger partial charge in [-0.1, -0.05) is 12.1 Å². The Morgan fingerprint density at radius 2 is 1.88 bits per heavy atom. The van der Waals surface area contributed by atoms with E-state index >= 15 is 0 Å². The van der Waals surface area contributed by atoms with E-state index in [0.29, 0.717) is 0 Å². The third-order valence-corrected chi connectivity index (χ3v) is 1.74. The van der Waals surface area contributed by atoms with Crippen molar-refractivity contribution < 1.29 is 24.5 Å². The highest BCUT2D eigenvalue weighted by Crippen LogP contribution is 2.10. The van der Waals surface area contributed by atoms with Crippen molar-refractivity contribution in [1.82, 2.24) is 0 Å². The molecule has 16 heavy (non-hydrogen) atoms. The fourth-order valence-electron chi connectivity index (χ4n) is 1.05. The first kappa shape index (κ1) is 11.8. The van der Waals surface area contributed by atoms with Crippen molar-refractivity contribution in [2.45, 2.75) is 6.29 Å². The Bertz CT molecular complexity index is 458. The van der Waals surface area contributed by atoms with Crippen molar-refractivity contribution in [2.24, 2.45) is 0 Å². The zero-order chi connectivity index (χ0) is 12.1. The molecular formula is C11H8O5. The highest BCUT2D eigenvalue weighted by Gasteiger charge is 2.18. The first-order valence-electron chi connectivity index (χ1n) is 4.23. The lowest BCUT2D eigenvalue weighted by Gasteiger charge is -2.07. The molecule has 0 radical (unpaired) electrons. The van der Waals surface area contributed by atoms with Crippen LogP contribution in [0.5, 0.6) is 0 Å². The van der Waals surface area contributed by atoms with Crippen molar-refractivity contribution in [3.63, 3.8) is 0 Å². The average molecular weight is 220 g/mol. The molecule has 0 saturated heterocycles. The van der Waals surface area contributed by atoms with Crippen LogP contribution in [0.1, 0.15) is 20.7 Å². The minimum Gasteiger partial charge on any atom is -0.478 e. The number of hydrogen-bond donors (Lipinski definition) is 2. The molecule has 0 saturated carbocycles. The first-order chi connectivity index (χ1) is 7.56. The largest absolute Gasteiger partial charge is 0.478 e. The van der Waals surface area contributed by atoms with Gasteiger partial charge in [-0.05, 0) is 18.1 Å². The monoisotopic (exact) mass is 220 g/mol. The van der Waals surface area contributed by atoms with Crippen LogP contribution < -0.4 is 0 Å². The van der Waals surface area contributed by atoms with Gasteiger partial charge in [-0.15, -0.1) is 6.42 Å². The van der Waals surface area contributed by atoms with Crippen LogP contribution in [0.2, 0.25) is 0 Å². The fraction of sp³-hybridized carbons (Fsp3) is 0.0909. The van der Waals surface area contributed by atoms with Crippen LogP contribution in [-0.4, -0.2) is 28.4 Å². The number of carboxylic acids is 1. The van der Waals surface area contributed by atoms with Gasteiger partial charge in [0.25, 0.3) is 6.29 Å². The van der Waals surface area contributed by atoms with Crippen LogP contribution in [0.4, 0.5) is 0 Å². The van der Waals surface area contributed by atoms with Crippen molar-refractivity contribution in [2.75, 3.05) is 0 Å². The third-order valence-electron chi connectivity index (χ3n) is 1.74. The van der Waals surface area contributed by atoms with E-state index in [1.165, 1.54) is 24.3 Å². The van der Waals surface area contributed by atoms with E-state index < -0.39 is 18.2 Å². The molecule has 0 aliphatic rings. The predicted octanol–water partition coefficient (Wildman–Crippen LogP) is 0.493. The summed E-state index contributed by atoms with van der Waals surface area (Å²) in [6.07, 6.45) is 3.12. The zero-order valence-corrected chi connectivity index (χ0v) is 8.08. The summed E-state index contributed by atoms with van der Waals surface area (Å²) in [4.78, 5) is 22.2. The molecular weight excluding hydrogens is 212 g/mol. The summed E-state index contributed by atoms with van der Waals surface area (Å²) in [6, 6.07) is 5.47. The van der Waals surface area contributed by atoms with Gasteiger partial charge in [-0.25, -0.2) is 9.59 Å². The first-order valence-corrected chi connectivity index (χ1v) is 4.23. The van der Waals surface area contributed by atoms with E-state index in [4.69, 9.17) is 16.6 Å². The van der Waals surface area contributed by atoms with Crippen molar-refractivity contribution in [3.05, 3.63) is 35.4 Å². The Morgan fingerprint density at radius 1 is 1.31 bits per heavy atom. The molecule has 0 bridgehead atoms. The molecule has 0 fully saturated rings. The molecule has 0 aliphatic heterocycles. The van der Waals surface area contributed by atoms with E-state index in [9.17, 15) is 9.59 Å². The molecule has 82 valence electrons. The Hall–Kier alpha value is -2.32. The number of aliphatic hydroxyl groups excluding tert-OH is 1. The van der Waals surface area contributed by atoms with Gasteiger partial charge in [-0.2, -0.15) is 0 Å². The minimum absolute atomic E-state index is 0.163. The SMILES string of the molecule is C#CC(O)OC(=O)c1ccccc1C(=O)O. The minimum atomic E-state index is -1.69. The fourth-order valence-corrected chi connectivity index (χ4v) is 1.05. The van der Waals surface area contributed by atoms with E-state index in [1.807, 2.05) is 0 Å². The summed E-state index contributed by atoms with van der Waals surface area (Å²) in [7, 11) is 0. The average Bonchev–Trinajstić information content (AvgIpc) is 2.28. The summed E-state index contributed by atoms with van der Waals surface area (Å²) in [6.45, 7) is 0. The standard InChI is InChI=1S/C11H8O5/c1-2-9(12)16-11(15)8-6-4-3-5-7(8)10(13)14/h1,3-6,9,12H,(H,13,14). The summed E-state index contributed by atoms with van der Waals surface area (Å²) < 4.78 is 4.39. The topological polar surface area (TPSA) is 83.8 Å². The Balaban J connectivity index is 3.00. The zero-order valence-electron chi connectivity index (χ0n) is 8.08. The van der Waals surface area contributed by atoms with E-state index in [-0.39, 0.29) is 11.1 Å². The summed E-state index contributed by atoms with van der Waals surface area (Å²) in [5, 5.41) is 17.7. The summed E-state index contributed by atoms with van der Waals surface area (Å²) >= 11 is 0. The van der Waals surface area contributed by atoms with Crippen LogP contribution >= 0.6 is 0 Å². The van der Waals surface area contributed by atoms with E-state index in [2.05, 4.69) is 4.74 Å². The normalized spacial score (nSPS) is 11.2. The summed E-state index contributed by atoms with van der Waals surface area (Å²) in [5.41, 5.74) is -0.374. The van der Waals surface area contributed by atoms with Gasteiger partial charge < -0.3 is 14.9 Å². The lowest BCUT2D eigenvalue weighted by molar-refractivity contribution is -0.0299. The quantitative estimate of drug-likeness (QED) is 0.440.